The number of aldehydes is 1. The fraction of sp³-hybridized carbons (Fsp3) is 0.0714. The SMILES string of the molecule is O=CC(Cl)(Cl)c1ccc(Oc2ccccc2)cc1. The second-order valence-corrected chi connectivity index (χ2v) is 5.07. The largest absolute Gasteiger partial charge is 0.457 e. The van der Waals surface area contributed by atoms with Crippen molar-refractivity contribution in [2.45, 2.75) is 4.33 Å². The molecular weight excluding hydrogens is 271 g/mol. The molecule has 0 N–H and O–H groups in total. The van der Waals surface area contributed by atoms with E-state index in [-0.39, 0.29) is 0 Å². The average molecular weight is 281 g/mol. The molecule has 92 valence electrons. The van der Waals surface area contributed by atoms with E-state index in [1.807, 2.05) is 30.3 Å². The summed E-state index contributed by atoms with van der Waals surface area (Å²) in [6, 6.07) is 16.1. The molecule has 2 aromatic rings. The number of ether oxygens (including phenoxy) is 1. The Labute approximate surface area is 115 Å². The van der Waals surface area contributed by atoms with Crippen molar-refractivity contribution in [3.8, 4) is 11.5 Å². The highest BCUT2D eigenvalue weighted by molar-refractivity contribution is 6.55. The van der Waals surface area contributed by atoms with Crippen molar-refractivity contribution < 1.29 is 9.53 Å². The number of halogens is 2. The van der Waals surface area contributed by atoms with Crippen molar-refractivity contribution >= 4 is 29.5 Å². The number of hydrogen-bond donors (Lipinski definition) is 0. The summed E-state index contributed by atoms with van der Waals surface area (Å²) in [4.78, 5) is 10.7. The lowest BCUT2D eigenvalue weighted by molar-refractivity contribution is -0.108. The predicted molar refractivity (Wildman–Crippen MR) is 72.4 cm³/mol. The van der Waals surface area contributed by atoms with Crippen LogP contribution in [0.3, 0.4) is 0 Å². The van der Waals surface area contributed by atoms with E-state index in [4.69, 9.17) is 27.9 Å². The van der Waals surface area contributed by atoms with Crippen molar-refractivity contribution in [3.05, 3.63) is 60.2 Å². The molecule has 0 aliphatic heterocycles. The highest BCUT2D eigenvalue weighted by atomic mass is 35.5. The van der Waals surface area contributed by atoms with E-state index in [2.05, 4.69) is 0 Å². The second kappa shape index (κ2) is 5.42. The fourth-order valence-corrected chi connectivity index (χ4v) is 1.69. The van der Waals surface area contributed by atoms with Gasteiger partial charge in [-0.1, -0.05) is 53.5 Å². The van der Waals surface area contributed by atoms with E-state index in [1.165, 1.54) is 0 Å². The summed E-state index contributed by atoms with van der Waals surface area (Å²) in [5, 5.41) is 0. The third-order valence-corrected chi connectivity index (χ3v) is 2.98. The molecule has 0 unspecified atom stereocenters. The number of para-hydroxylation sites is 1. The molecule has 2 aromatic carbocycles. The molecule has 0 atom stereocenters. The molecular formula is C14H10Cl2O2. The molecule has 0 fully saturated rings. The Balaban J connectivity index is 2.16. The van der Waals surface area contributed by atoms with Gasteiger partial charge in [0.2, 0.25) is 0 Å². The molecule has 0 bridgehead atoms. The van der Waals surface area contributed by atoms with Crippen molar-refractivity contribution in [2.24, 2.45) is 0 Å². The summed E-state index contributed by atoms with van der Waals surface area (Å²) in [5.41, 5.74) is 0.515. The third kappa shape index (κ3) is 3.03. The van der Waals surface area contributed by atoms with E-state index < -0.39 is 4.33 Å². The summed E-state index contributed by atoms with van der Waals surface area (Å²) in [7, 11) is 0. The first-order valence-electron chi connectivity index (χ1n) is 5.29. The predicted octanol–water partition coefficient (Wildman–Crippen LogP) is 4.31. The topological polar surface area (TPSA) is 26.3 Å². The Bertz CT molecular complexity index is 521. The van der Waals surface area contributed by atoms with Gasteiger partial charge < -0.3 is 4.74 Å². The van der Waals surface area contributed by atoms with Crippen LogP contribution in [0.15, 0.2) is 54.6 Å². The monoisotopic (exact) mass is 280 g/mol. The van der Waals surface area contributed by atoms with Gasteiger partial charge in [0.1, 0.15) is 11.5 Å². The normalized spacial score (nSPS) is 11.0. The third-order valence-electron chi connectivity index (χ3n) is 2.37. The molecule has 0 amide bonds. The van der Waals surface area contributed by atoms with Gasteiger partial charge in [-0.3, -0.25) is 4.79 Å². The molecule has 2 nitrogen and oxygen atoms in total. The maximum atomic E-state index is 10.7. The van der Waals surface area contributed by atoms with Crippen LogP contribution in [0.5, 0.6) is 11.5 Å². The van der Waals surface area contributed by atoms with Crippen LogP contribution in [-0.2, 0) is 9.13 Å². The van der Waals surface area contributed by atoms with Gasteiger partial charge in [-0.2, -0.15) is 0 Å². The van der Waals surface area contributed by atoms with E-state index in [9.17, 15) is 4.79 Å². The number of alkyl halides is 2. The zero-order valence-corrected chi connectivity index (χ0v) is 10.9. The first-order chi connectivity index (χ1) is 8.62. The zero-order chi connectivity index (χ0) is 13.0. The lowest BCUT2D eigenvalue weighted by Crippen LogP contribution is -2.11. The van der Waals surface area contributed by atoms with E-state index in [0.29, 0.717) is 17.6 Å². The quantitative estimate of drug-likeness (QED) is 0.616. The van der Waals surface area contributed by atoms with Gasteiger partial charge in [-0.25, -0.2) is 0 Å². The van der Waals surface area contributed by atoms with Gasteiger partial charge in [0.05, 0.1) is 0 Å². The maximum absolute atomic E-state index is 10.7. The lowest BCUT2D eigenvalue weighted by Gasteiger charge is -2.12. The summed E-state index contributed by atoms with van der Waals surface area (Å²) >= 11 is 11.6. The Morgan fingerprint density at radius 1 is 0.889 bits per heavy atom. The van der Waals surface area contributed by atoms with E-state index >= 15 is 0 Å². The first kappa shape index (κ1) is 12.9. The summed E-state index contributed by atoms with van der Waals surface area (Å²) in [6.07, 6.45) is 0.489. The number of benzene rings is 2. The van der Waals surface area contributed by atoms with Crippen LogP contribution in [0.1, 0.15) is 5.56 Å². The Hall–Kier alpha value is -1.51. The lowest BCUT2D eigenvalue weighted by atomic mass is 10.1. The highest BCUT2D eigenvalue weighted by Gasteiger charge is 2.25. The fourth-order valence-electron chi connectivity index (χ4n) is 1.44. The molecule has 18 heavy (non-hydrogen) atoms. The van der Waals surface area contributed by atoms with Gasteiger partial charge >= 0.3 is 0 Å². The minimum absolute atomic E-state index is 0.489. The summed E-state index contributed by atoms with van der Waals surface area (Å²) < 4.78 is 4.10. The van der Waals surface area contributed by atoms with E-state index in [0.717, 1.165) is 5.75 Å². The second-order valence-electron chi connectivity index (χ2n) is 3.68. The van der Waals surface area contributed by atoms with Crippen LogP contribution in [0, 0.1) is 0 Å². The van der Waals surface area contributed by atoms with Gasteiger partial charge in [0.15, 0.2) is 10.6 Å². The zero-order valence-electron chi connectivity index (χ0n) is 9.35. The Morgan fingerprint density at radius 3 is 2.00 bits per heavy atom. The van der Waals surface area contributed by atoms with Crippen molar-refractivity contribution in [1.29, 1.82) is 0 Å². The molecule has 0 aromatic heterocycles. The summed E-state index contributed by atoms with van der Waals surface area (Å²) in [5.74, 6) is 1.39. The number of hydrogen-bond acceptors (Lipinski definition) is 2. The van der Waals surface area contributed by atoms with Gasteiger partial charge in [0.25, 0.3) is 0 Å². The summed E-state index contributed by atoms with van der Waals surface area (Å²) in [6.45, 7) is 0. The Kier molecular flexibility index (Phi) is 3.90. The molecule has 0 aliphatic carbocycles. The van der Waals surface area contributed by atoms with Gasteiger partial charge in [-0.05, 0) is 29.8 Å². The smallest absolute Gasteiger partial charge is 0.197 e. The van der Waals surface area contributed by atoms with Crippen LogP contribution in [0.4, 0.5) is 0 Å². The van der Waals surface area contributed by atoms with Crippen molar-refractivity contribution in [2.75, 3.05) is 0 Å². The molecule has 0 spiro atoms. The van der Waals surface area contributed by atoms with Crippen LogP contribution in [0.2, 0.25) is 0 Å². The molecule has 2 rings (SSSR count). The van der Waals surface area contributed by atoms with Crippen LogP contribution in [0.25, 0.3) is 0 Å². The Morgan fingerprint density at radius 2 is 1.44 bits per heavy atom. The van der Waals surface area contributed by atoms with Gasteiger partial charge in [0, 0.05) is 0 Å². The molecule has 0 heterocycles. The first-order valence-corrected chi connectivity index (χ1v) is 6.05. The molecule has 0 aliphatic rings. The molecule has 0 saturated heterocycles. The van der Waals surface area contributed by atoms with Crippen molar-refractivity contribution in [1.82, 2.24) is 0 Å². The van der Waals surface area contributed by atoms with E-state index in [1.54, 1.807) is 24.3 Å². The van der Waals surface area contributed by atoms with Crippen LogP contribution < -0.4 is 4.74 Å². The molecule has 0 saturated carbocycles. The number of carbonyl (C=O) groups is 1. The minimum Gasteiger partial charge on any atom is -0.457 e. The van der Waals surface area contributed by atoms with Crippen LogP contribution >= 0.6 is 23.2 Å². The minimum atomic E-state index is -1.51. The average Bonchev–Trinajstić information content (AvgIpc) is 2.40. The number of rotatable bonds is 4. The van der Waals surface area contributed by atoms with Gasteiger partial charge in [-0.15, -0.1) is 0 Å². The van der Waals surface area contributed by atoms with Crippen LogP contribution in [-0.4, -0.2) is 6.29 Å². The standard InChI is InChI=1S/C14H10Cl2O2/c15-14(16,10-17)11-6-8-13(9-7-11)18-12-4-2-1-3-5-12/h1-10H. The highest BCUT2D eigenvalue weighted by Crippen LogP contribution is 2.33. The molecule has 0 radical (unpaired) electrons. The maximum Gasteiger partial charge on any atom is 0.197 e. The number of carbonyl (C=O) groups excluding carboxylic acids is 1. The van der Waals surface area contributed by atoms with Crippen molar-refractivity contribution in [3.63, 3.8) is 0 Å². The molecule has 4 heteroatoms.